The molecule has 1 amide bonds. The number of hydrogen-bond donors (Lipinski definition) is 0. The monoisotopic (exact) mass is 339 g/mol. The van der Waals surface area contributed by atoms with Crippen LogP contribution in [-0.2, 0) is 4.74 Å². The molecular weight excluding hydrogens is 318 g/mol. The van der Waals surface area contributed by atoms with Crippen LogP contribution in [0.1, 0.15) is 38.6 Å². The second-order valence-electron chi connectivity index (χ2n) is 6.08. The highest BCUT2D eigenvalue weighted by molar-refractivity contribution is 5.96. The summed E-state index contributed by atoms with van der Waals surface area (Å²) in [6.45, 7) is 1.43. The van der Waals surface area contributed by atoms with Gasteiger partial charge in [-0.05, 0) is 48.4 Å². The highest BCUT2D eigenvalue weighted by atomic mass is 16.5. The molecule has 0 aromatic heterocycles. The Kier molecular flexibility index (Phi) is 5.03. The molecule has 130 valence electrons. The fourth-order valence-electron chi connectivity index (χ4n) is 3.14. The van der Waals surface area contributed by atoms with E-state index in [-0.39, 0.29) is 5.91 Å². The van der Waals surface area contributed by atoms with E-state index in [1.54, 1.807) is 31.4 Å². The van der Waals surface area contributed by atoms with E-state index >= 15 is 0 Å². The maximum Gasteiger partial charge on any atom is 0.337 e. The first-order valence-corrected chi connectivity index (χ1v) is 8.24. The second-order valence-corrected chi connectivity index (χ2v) is 6.08. The van der Waals surface area contributed by atoms with Crippen molar-refractivity contribution in [1.29, 1.82) is 0 Å². The van der Waals surface area contributed by atoms with Gasteiger partial charge in [-0.25, -0.2) is 4.79 Å². The van der Waals surface area contributed by atoms with Crippen LogP contribution in [0.3, 0.4) is 0 Å². The lowest BCUT2D eigenvalue weighted by Gasteiger charge is -2.17. The van der Waals surface area contributed by atoms with Gasteiger partial charge in [-0.2, -0.15) is 0 Å². The molecule has 0 saturated carbocycles. The zero-order chi connectivity index (χ0) is 17.8. The quantitative estimate of drug-likeness (QED) is 0.803. The van der Waals surface area contributed by atoms with Crippen LogP contribution in [-0.4, -0.2) is 44.1 Å². The van der Waals surface area contributed by atoms with Gasteiger partial charge in [0.15, 0.2) is 0 Å². The van der Waals surface area contributed by atoms with Gasteiger partial charge in [0.25, 0.3) is 5.91 Å². The Bertz CT molecular complexity index is 752. The van der Waals surface area contributed by atoms with Crippen molar-refractivity contribution in [3.05, 3.63) is 65.2 Å². The van der Waals surface area contributed by atoms with E-state index in [2.05, 4.69) is 16.9 Å². The number of methoxy groups -OCH3 is 2. The standard InChI is InChI=1S/C20H21NO4/c1-24-18-9-7-14(8-10-18)17-11-12-21(13-17)19(22)15-3-5-16(6-4-15)20(23)25-2/h3-10,17H,11-13H2,1-2H3/t17-/m1/s1. The van der Waals surface area contributed by atoms with Crippen LogP contribution >= 0.6 is 0 Å². The van der Waals surface area contributed by atoms with Crippen LogP contribution in [0.15, 0.2) is 48.5 Å². The van der Waals surface area contributed by atoms with Gasteiger partial charge >= 0.3 is 5.97 Å². The highest BCUT2D eigenvalue weighted by Crippen LogP contribution is 2.29. The normalized spacial score (nSPS) is 16.6. The maximum atomic E-state index is 12.7. The Hall–Kier alpha value is -2.82. The van der Waals surface area contributed by atoms with Crippen LogP contribution < -0.4 is 4.74 Å². The number of carbonyl (C=O) groups excluding carboxylic acids is 2. The molecule has 5 heteroatoms. The summed E-state index contributed by atoms with van der Waals surface area (Å²) < 4.78 is 9.86. The number of rotatable bonds is 4. The summed E-state index contributed by atoms with van der Waals surface area (Å²) in [7, 11) is 2.99. The average molecular weight is 339 g/mol. The summed E-state index contributed by atoms with van der Waals surface area (Å²) in [4.78, 5) is 26.0. The lowest BCUT2D eigenvalue weighted by molar-refractivity contribution is 0.0600. The third-order valence-corrected chi connectivity index (χ3v) is 4.62. The number of esters is 1. The van der Waals surface area contributed by atoms with Crippen LogP contribution in [0.4, 0.5) is 0 Å². The van der Waals surface area contributed by atoms with Crippen LogP contribution in [0, 0.1) is 0 Å². The first-order chi connectivity index (χ1) is 12.1. The summed E-state index contributed by atoms with van der Waals surface area (Å²) in [5.41, 5.74) is 2.25. The van der Waals surface area contributed by atoms with Crippen molar-refractivity contribution < 1.29 is 19.1 Å². The molecule has 1 atom stereocenters. The van der Waals surface area contributed by atoms with Gasteiger partial charge in [-0.15, -0.1) is 0 Å². The fraction of sp³-hybridized carbons (Fsp3) is 0.300. The van der Waals surface area contributed by atoms with Crippen molar-refractivity contribution in [1.82, 2.24) is 4.90 Å². The first kappa shape index (κ1) is 17.0. The highest BCUT2D eigenvalue weighted by Gasteiger charge is 2.28. The number of hydrogen-bond acceptors (Lipinski definition) is 4. The molecule has 5 nitrogen and oxygen atoms in total. The van der Waals surface area contributed by atoms with Gasteiger partial charge in [-0.3, -0.25) is 4.79 Å². The molecule has 1 fully saturated rings. The molecule has 2 aromatic rings. The number of nitrogens with zero attached hydrogens (tertiary/aromatic N) is 1. The molecule has 1 aliphatic rings. The molecule has 2 aromatic carbocycles. The molecule has 0 radical (unpaired) electrons. The van der Waals surface area contributed by atoms with E-state index < -0.39 is 5.97 Å². The Morgan fingerprint density at radius 3 is 2.20 bits per heavy atom. The van der Waals surface area contributed by atoms with Crippen molar-refractivity contribution in [2.45, 2.75) is 12.3 Å². The predicted molar refractivity (Wildman–Crippen MR) is 94.0 cm³/mol. The minimum Gasteiger partial charge on any atom is -0.497 e. The molecule has 0 bridgehead atoms. The minimum atomic E-state index is -0.403. The van der Waals surface area contributed by atoms with E-state index in [4.69, 9.17) is 4.74 Å². The maximum absolute atomic E-state index is 12.7. The van der Waals surface area contributed by atoms with Gasteiger partial charge in [-0.1, -0.05) is 12.1 Å². The van der Waals surface area contributed by atoms with Crippen molar-refractivity contribution in [2.24, 2.45) is 0 Å². The third kappa shape index (κ3) is 3.65. The van der Waals surface area contributed by atoms with E-state index in [0.29, 0.717) is 23.6 Å². The van der Waals surface area contributed by atoms with E-state index in [1.807, 2.05) is 17.0 Å². The number of carbonyl (C=O) groups is 2. The first-order valence-electron chi connectivity index (χ1n) is 8.24. The van der Waals surface area contributed by atoms with Gasteiger partial charge < -0.3 is 14.4 Å². The number of likely N-dealkylation sites (tertiary alicyclic amines) is 1. The van der Waals surface area contributed by atoms with Gasteiger partial charge in [0.2, 0.25) is 0 Å². The molecule has 1 heterocycles. The number of benzene rings is 2. The summed E-state index contributed by atoms with van der Waals surface area (Å²) in [5.74, 6) is 0.761. The van der Waals surface area contributed by atoms with Crippen LogP contribution in [0.5, 0.6) is 5.75 Å². The molecule has 1 saturated heterocycles. The second kappa shape index (κ2) is 7.38. The van der Waals surface area contributed by atoms with Crippen molar-refractivity contribution >= 4 is 11.9 Å². The summed E-state index contributed by atoms with van der Waals surface area (Å²) >= 11 is 0. The van der Waals surface area contributed by atoms with Gasteiger partial charge in [0.1, 0.15) is 5.75 Å². The van der Waals surface area contributed by atoms with Crippen molar-refractivity contribution in [3.63, 3.8) is 0 Å². The van der Waals surface area contributed by atoms with Gasteiger partial charge in [0, 0.05) is 24.6 Å². The zero-order valence-corrected chi connectivity index (χ0v) is 14.4. The predicted octanol–water partition coefficient (Wildman–Crippen LogP) is 3.11. The van der Waals surface area contributed by atoms with Crippen LogP contribution in [0.25, 0.3) is 0 Å². The Morgan fingerprint density at radius 1 is 0.960 bits per heavy atom. The molecule has 0 unspecified atom stereocenters. The van der Waals surface area contributed by atoms with Crippen molar-refractivity contribution in [3.8, 4) is 5.75 Å². The smallest absolute Gasteiger partial charge is 0.337 e. The number of ether oxygens (including phenoxy) is 2. The average Bonchev–Trinajstić information content (AvgIpc) is 3.17. The van der Waals surface area contributed by atoms with Crippen LogP contribution in [0.2, 0.25) is 0 Å². The third-order valence-electron chi connectivity index (χ3n) is 4.62. The lowest BCUT2D eigenvalue weighted by Crippen LogP contribution is -2.28. The molecule has 0 spiro atoms. The lowest BCUT2D eigenvalue weighted by atomic mass is 9.98. The fourth-order valence-corrected chi connectivity index (χ4v) is 3.14. The Balaban J connectivity index is 1.66. The SMILES string of the molecule is COC(=O)c1ccc(C(=O)N2CC[C@@H](c3ccc(OC)cc3)C2)cc1. The molecule has 25 heavy (non-hydrogen) atoms. The molecule has 1 aliphatic heterocycles. The zero-order valence-electron chi connectivity index (χ0n) is 14.4. The summed E-state index contributed by atoms with van der Waals surface area (Å²) in [5, 5.41) is 0. The van der Waals surface area contributed by atoms with E-state index in [0.717, 1.165) is 18.7 Å². The topological polar surface area (TPSA) is 55.8 Å². The summed E-state index contributed by atoms with van der Waals surface area (Å²) in [6.07, 6.45) is 0.943. The number of amides is 1. The van der Waals surface area contributed by atoms with Crippen molar-refractivity contribution in [2.75, 3.05) is 27.3 Å². The van der Waals surface area contributed by atoms with E-state index in [1.165, 1.54) is 12.7 Å². The molecule has 0 N–H and O–H groups in total. The summed E-state index contributed by atoms with van der Waals surface area (Å²) in [6, 6.07) is 14.6. The molecule has 3 rings (SSSR count). The van der Waals surface area contributed by atoms with E-state index in [9.17, 15) is 9.59 Å². The Morgan fingerprint density at radius 2 is 1.60 bits per heavy atom. The Labute approximate surface area is 147 Å². The molecular formula is C20H21NO4. The largest absolute Gasteiger partial charge is 0.497 e. The molecule has 0 aliphatic carbocycles. The minimum absolute atomic E-state index is 0.00701. The van der Waals surface area contributed by atoms with Gasteiger partial charge in [0.05, 0.1) is 19.8 Å².